The van der Waals surface area contributed by atoms with Crippen LogP contribution in [0.1, 0.15) is 37.3 Å². The lowest BCUT2D eigenvalue weighted by Gasteiger charge is -2.40. The van der Waals surface area contributed by atoms with Gasteiger partial charge in [0.1, 0.15) is 11.2 Å². The van der Waals surface area contributed by atoms with Crippen molar-refractivity contribution in [2.45, 2.75) is 43.9 Å². The number of ether oxygens (including phenoxy) is 1. The van der Waals surface area contributed by atoms with Crippen LogP contribution in [0.2, 0.25) is 0 Å². The highest BCUT2D eigenvalue weighted by molar-refractivity contribution is 9.10. The largest absolute Gasteiger partial charge is 0.445 e. The number of halogens is 1. The Morgan fingerprint density at radius 3 is 2.82 bits per heavy atom. The molecule has 2 fully saturated rings. The molecule has 1 aliphatic heterocycles. The second kappa shape index (κ2) is 6.88. The van der Waals surface area contributed by atoms with Gasteiger partial charge in [-0.15, -0.1) is 10.2 Å². The van der Waals surface area contributed by atoms with Gasteiger partial charge in [-0.1, -0.05) is 30.3 Å². The molecule has 0 N–H and O–H groups in total. The Balaban J connectivity index is 1.29. The predicted molar refractivity (Wildman–Crippen MR) is 109 cm³/mol. The number of carbonyl (C=O) groups is 1. The van der Waals surface area contributed by atoms with Crippen LogP contribution in [0.3, 0.4) is 0 Å². The van der Waals surface area contributed by atoms with Crippen LogP contribution in [0.5, 0.6) is 0 Å². The molecule has 2 aliphatic rings. The van der Waals surface area contributed by atoms with E-state index in [0.717, 1.165) is 46.9 Å². The van der Waals surface area contributed by atoms with E-state index < -0.39 is 0 Å². The van der Waals surface area contributed by atoms with Crippen LogP contribution in [0.15, 0.2) is 53.3 Å². The third-order valence-corrected chi connectivity index (χ3v) is 6.34. The van der Waals surface area contributed by atoms with E-state index in [1.54, 1.807) is 0 Å². The van der Waals surface area contributed by atoms with Crippen molar-refractivity contribution in [3.05, 3.63) is 58.8 Å². The minimum absolute atomic E-state index is 0.0595. The summed E-state index contributed by atoms with van der Waals surface area (Å²) in [6.45, 7) is 1.03. The minimum atomic E-state index is -0.194. The summed E-state index contributed by atoms with van der Waals surface area (Å²) >= 11 is 3.38. The zero-order chi connectivity index (χ0) is 19.1. The van der Waals surface area contributed by atoms with Crippen LogP contribution >= 0.6 is 15.9 Å². The molecule has 0 unspecified atom stereocenters. The summed E-state index contributed by atoms with van der Waals surface area (Å²) < 4.78 is 8.57. The molecule has 2 aromatic heterocycles. The molecule has 0 bridgehead atoms. The van der Waals surface area contributed by atoms with Gasteiger partial charge in [-0.3, -0.25) is 0 Å². The lowest BCUT2D eigenvalue weighted by atomic mass is 9.95. The topological polar surface area (TPSA) is 60.2 Å². The molecule has 1 aromatic carbocycles. The third kappa shape index (κ3) is 3.17. The maximum absolute atomic E-state index is 12.7. The molecule has 28 heavy (non-hydrogen) atoms. The highest BCUT2D eigenvalue weighted by Gasteiger charge is 2.54. The molecule has 5 rings (SSSR count). The van der Waals surface area contributed by atoms with E-state index >= 15 is 0 Å². The molecule has 144 valence electrons. The van der Waals surface area contributed by atoms with Crippen LogP contribution in [0.25, 0.3) is 11.0 Å². The van der Waals surface area contributed by atoms with E-state index in [-0.39, 0.29) is 11.6 Å². The van der Waals surface area contributed by atoms with Crippen molar-refractivity contribution >= 4 is 33.1 Å². The van der Waals surface area contributed by atoms with Crippen molar-refractivity contribution in [3.63, 3.8) is 0 Å². The Morgan fingerprint density at radius 2 is 2.04 bits per heavy atom. The Hall–Kier alpha value is -2.41. The standard InChI is InChI=1S/C21H21BrN4O2/c22-18-12-16-6-10-25(19(16)24-23-18)17-7-11-26(21(13-17)8-9-21)20(27)28-14-15-4-2-1-3-5-15/h1-6,10,12,17H,7-9,11,13-14H2/t17-/m0/s1. The average Bonchev–Trinajstić information content (AvgIpc) is 3.34. The first kappa shape index (κ1) is 17.7. The maximum atomic E-state index is 12.7. The fraction of sp³-hybridized carbons (Fsp3) is 0.381. The Bertz CT molecular complexity index is 1020. The lowest BCUT2D eigenvalue weighted by Crippen LogP contribution is -2.48. The van der Waals surface area contributed by atoms with Crippen LogP contribution < -0.4 is 0 Å². The predicted octanol–water partition coefficient (Wildman–Crippen LogP) is 4.70. The van der Waals surface area contributed by atoms with E-state index in [0.29, 0.717) is 19.2 Å². The molecule has 7 heteroatoms. The second-order valence-electron chi connectivity index (χ2n) is 7.73. The molecule has 1 saturated carbocycles. The van der Waals surface area contributed by atoms with E-state index in [2.05, 4.69) is 43.0 Å². The van der Waals surface area contributed by atoms with Crippen molar-refractivity contribution < 1.29 is 9.53 Å². The van der Waals surface area contributed by atoms with Gasteiger partial charge in [-0.25, -0.2) is 4.79 Å². The molecule has 1 atom stereocenters. The molecule has 1 spiro atoms. The molecule has 1 amide bonds. The number of hydrogen-bond acceptors (Lipinski definition) is 4. The van der Waals surface area contributed by atoms with Gasteiger partial charge in [0.05, 0.1) is 0 Å². The van der Waals surface area contributed by atoms with Gasteiger partial charge in [0, 0.05) is 29.7 Å². The molecule has 1 aliphatic carbocycles. The van der Waals surface area contributed by atoms with E-state index in [1.165, 1.54) is 0 Å². The summed E-state index contributed by atoms with van der Waals surface area (Å²) in [7, 11) is 0. The number of fused-ring (bicyclic) bond motifs is 1. The SMILES string of the molecule is O=C(OCc1ccccc1)N1CC[C@H](n2ccc3cc(Br)nnc32)CC12CC2. The monoisotopic (exact) mass is 440 g/mol. The molecule has 0 radical (unpaired) electrons. The number of benzene rings is 1. The van der Waals surface area contributed by atoms with Crippen molar-refractivity contribution in [2.24, 2.45) is 0 Å². The van der Waals surface area contributed by atoms with Gasteiger partial charge < -0.3 is 14.2 Å². The smallest absolute Gasteiger partial charge is 0.410 e. The molecular formula is C21H21BrN4O2. The number of amides is 1. The number of piperidine rings is 1. The van der Waals surface area contributed by atoms with Gasteiger partial charge >= 0.3 is 6.09 Å². The first-order chi connectivity index (χ1) is 13.6. The molecule has 1 saturated heterocycles. The molecule has 3 aromatic rings. The summed E-state index contributed by atoms with van der Waals surface area (Å²) in [5, 5.41) is 9.59. The zero-order valence-corrected chi connectivity index (χ0v) is 17.0. The first-order valence-corrected chi connectivity index (χ1v) is 10.4. The summed E-state index contributed by atoms with van der Waals surface area (Å²) in [4.78, 5) is 14.7. The first-order valence-electron chi connectivity index (χ1n) is 9.63. The van der Waals surface area contributed by atoms with Crippen molar-refractivity contribution in [3.8, 4) is 0 Å². The van der Waals surface area contributed by atoms with Gasteiger partial charge in [-0.2, -0.15) is 0 Å². The van der Waals surface area contributed by atoms with Crippen LogP contribution in [-0.2, 0) is 11.3 Å². The number of rotatable bonds is 3. The average molecular weight is 441 g/mol. The van der Waals surface area contributed by atoms with Crippen molar-refractivity contribution in [1.29, 1.82) is 0 Å². The van der Waals surface area contributed by atoms with Crippen molar-refractivity contribution in [2.75, 3.05) is 6.54 Å². The normalized spacial score (nSPS) is 20.5. The van der Waals surface area contributed by atoms with Crippen LogP contribution in [-0.4, -0.2) is 37.8 Å². The maximum Gasteiger partial charge on any atom is 0.410 e. The number of likely N-dealkylation sites (tertiary alicyclic amines) is 1. The number of aromatic nitrogens is 3. The quantitative estimate of drug-likeness (QED) is 0.591. The van der Waals surface area contributed by atoms with Crippen LogP contribution in [0, 0.1) is 0 Å². The van der Waals surface area contributed by atoms with E-state index in [9.17, 15) is 4.79 Å². The van der Waals surface area contributed by atoms with Gasteiger partial charge in [0.15, 0.2) is 5.65 Å². The Morgan fingerprint density at radius 1 is 1.21 bits per heavy atom. The van der Waals surface area contributed by atoms with E-state index in [4.69, 9.17) is 4.74 Å². The zero-order valence-electron chi connectivity index (χ0n) is 15.4. The summed E-state index contributed by atoms with van der Waals surface area (Å²) in [5.41, 5.74) is 1.86. The van der Waals surface area contributed by atoms with Gasteiger partial charge in [0.25, 0.3) is 0 Å². The Kier molecular flexibility index (Phi) is 4.34. The fourth-order valence-electron chi connectivity index (χ4n) is 4.33. The summed E-state index contributed by atoms with van der Waals surface area (Å²) in [5.74, 6) is 0. The highest BCUT2D eigenvalue weighted by atomic mass is 79.9. The second-order valence-corrected chi connectivity index (χ2v) is 8.54. The number of nitrogens with zero attached hydrogens (tertiary/aromatic N) is 4. The molecular weight excluding hydrogens is 420 g/mol. The fourth-order valence-corrected chi connectivity index (χ4v) is 4.65. The van der Waals surface area contributed by atoms with Crippen LogP contribution in [0.4, 0.5) is 4.79 Å². The lowest BCUT2D eigenvalue weighted by molar-refractivity contribution is 0.0507. The summed E-state index contributed by atoms with van der Waals surface area (Å²) in [6, 6.07) is 14.2. The summed E-state index contributed by atoms with van der Waals surface area (Å²) in [6.07, 6.45) is 5.82. The molecule has 6 nitrogen and oxygen atoms in total. The highest BCUT2D eigenvalue weighted by Crippen LogP contribution is 2.51. The minimum Gasteiger partial charge on any atom is -0.445 e. The van der Waals surface area contributed by atoms with Gasteiger partial charge in [-0.05, 0) is 59.3 Å². The van der Waals surface area contributed by atoms with E-state index in [1.807, 2.05) is 41.3 Å². The van der Waals surface area contributed by atoms with Crippen molar-refractivity contribution in [1.82, 2.24) is 19.7 Å². The Labute approximate surface area is 171 Å². The third-order valence-electron chi connectivity index (χ3n) is 5.95. The molecule has 3 heterocycles. The number of hydrogen-bond donors (Lipinski definition) is 0. The number of carbonyl (C=O) groups excluding carboxylic acids is 1. The van der Waals surface area contributed by atoms with Gasteiger partial charge in [0.2, 0.25) is 0 Å².